The van der Waals surface area contributed by atoms with E-state index >= 15 is 0 Å². The van der Waals surface area contributed by atoms with Crippen molar-refractivity contribution in [3.05, 3.63) is 78.6 Å². The topological polar surface area (TPSA) is 139 Å². The molecule has 39 heavy (non-hydrogen) atoms. The van der Waals surface area contributed by atoms with Crippen LogP contribution in [-0.4, -0.2) is 36.7 Å². The molecule has 0 atom stereocenters. The number of pyridine rings is 1. The lowest BCUT2D eigenvalue weighted by Gasteiger charge is -2.12. The molecule has 0 fully saturated rings. The first-order valence-corrected chi connectivity index (χ1v) is 12.1. The second-order valence-electron chi connectivity index (χ2n) is 9.01. The minimum Gasteiger partial charge on any atom is -0.457 e. The Labute approximate surface area is 222 Å². The molecule has 3 amide bonds. The number of benzene rings is 2. The summed E-state index contributed by atoms with van der Waals surface area (Å²) in [4.78, 5) is 35.4. The van der Waals surface area contributed by atoms with Crippen molar-refractivity contribution in [3.8, 4) is 17.2 Å². The molecule has 0 spiro atoms. The Morgan fingerprint density at radius 3 is 2.56 bits per heavy atom. The highest BCUT2D eigenvalue weighted by molar-refractivity contribution is 5.99. The molecule has 0 unspecified atom stereocenters. The maximum Gasteiger partial charge on any atom is 0.324 e. The standard InChI is InChI=1S/C27H25FN8O3/c1-15(2)23-13-26(36(35-23)17-4-6-22-24(10-17)31-14-30-22)34-27(38)33-21-7-5-18(11-20(21)28)39-19-8-9-29-25(12-19)32-16(3)37/h4-15H,1-3H3,(H,30,31)(H,29,32,37)(H2,33,34,38). The third-order valence-corrected chi connectivity index (χ3v) is 5.67. The summed E-state index contributed by atoms with van der Waals surface area (Å²) in [5.41, 5.74) is 3.09. The Morgan fingerprint density at radius 1 is 0.974 bits per heavy atom. The zero-order chi connectivity index (χ0) is 27.5. The monoisotopic (exact) mass is 528 g/mol. The molecular formula is C27H25FN8O3. The molecule has 0 aliphatic carbocycles. The number of fused-ring (bicyclic) bond motifs is 1. The van der Waals surface area contributed by atoms with Gasteiger partial charge in [0.05, 0.1) is 34.4 Å². The number of amides is 3. The summed E-state index contributed by atoms with van der Waals surface area (Å²) in [6.07, 6.45) is 3.06. The Balaban J connectivity index is 1.31. The third kappa shape index (κ3) is 5.85. The van der Waals surface area contributed by atoms with E-state index in [-0.39, 0.29) is 23.3 Å². The number of H-pyrrole nitrogens is 1. The van der Waals surface area contributed by atoms with Gasteiger partial charge in [-0.05, 0) is 42.3 Å². The largest absolute Gasteiger partial charge is 0.457 e. The second-order valence-corrected chi connectivity index (χ2v) is 9.01. The number of carbonyl (C=O) groups excluding carboxylic acids is 2. The van der Waals surface area contributed by atoms with Gasteiger partial charge in [0.15, 0.2) is 0 Å². The van der Waals surface area contributed by atoms with E-state index < -0.39 is 11.8 Å². The first-order chi connectivity index (χ1) is 18.7. The molecule has 3 aromatic heterocycles. The number of hydrogen-bond acceptors (Lipinski definition) is 6. The van der Waals surface area contributed by atoms with Crippen LogP contribution < -0.4 is 20.7 Å². The summed E-state index contributed by atoms with van der Waals surface area (Å²) in [6.45, 7) is 5.36. The molecule has 0 saturated heterocycles. The van der Waals surface area contributed by atoms with Crippen LogP contribution in [0.4, 0.5) is 26.5 Å². The van der Waals surface area contributed by atoms with Crippen molar-refractivity contribution >= 4 is 40.3 Å². The molecule has 198 valence electrons. The van der Waals surface area contributed by atoms with Crippen LogP contribution >= 0.6 is 0 Å². The Kier molecular flexibility index (Phi) is 6.91. The number of nitrogens with zero attached hydrogens (tertiary/aromatic N) is 4. The van der Waals surface area contributed by atoms with Gasteiger partial charge < -0.3 is 20.4 Å². The van der Waals surface area contributed by atoms with Gasteiger partial charge >= 0.3 is 6.03 Å². The highest BCUT2D eigenvalue weighted by Gasteiger charge is 2.16. The number of carbonyl (C=O) groups is 2. The van der Waals surface area contributed by atoms with Crippen LogP contribution in [0.5, 0.6) is 11.5 Å². The molecule has 0 aliphatic rings. The zero-order valence-corrected chi connectivity index (χ0v) is 21.3. The van der Waals surface area contributed by atoms with Crippen LogP contribution in [0.1, 0.15) is 32.4 Å². The summed E-state index contributed by atoms with van der Waals surface area (Å²) < 4.78 is 22.1. The Bertz CT molecular complexity index is 1680. The fourth-order valence-electron chi connectivity index (χ4n) is 3.81. The number of nitrogens with one attached hydrogen (secondary N) is 4. The van der Waals surface area contributed by atoms with Crippen LogP contribution in [-0.2, 0) is 4.79 Å². The smallest absolute Gasteiger partial charge is 0.324 e. The number of aromatic amines is 1. The van der Waals surface area contributed by atoms with Gasteiger partial charge in [-0.1, -0.05) is 13.8 Å². The number of hydrogen-bond donors (Lipinski definition) is 4. The maximum atomic E-state index is 14.9. The molecule has 4 N–H and O–H groups in total. The number of imidazole rings is 1. The maximum absolute atomic E-state index is 14.9. The summed E-state index contributed by atoms with van der Waals surface area (Å²) in [7, 11) is 0. The highest BCUT2D eigenvalue weighted by Crippen LogP contribution is 2.28. The van der Waals surface area contributed by atoms with E-state index in [4.69, 9.17) is 4.74 Å². The molecule has 12 heteroatoms. The van der Waals surface area contributed by atoms with Crippen molar-refractivity contribution < 1.29 is 18.7 Å². The first kappa shape index (κ1) is 25.4. The van der Waals surface area contributed by atoms with Crippen LogP contribution in [0.15, 0.2) is 67.1 Å². The van der Waals surface area contributed by atoms with Crippen LogP contribution in [0.25, 0.3) is 16.7 Å². The number of anilines is 3. The van der Waals surface area contributed by atoms with E-state index in [0.717, 1.165) is 28.5 Å². The fraction of sp³-hybridized carbons (Fsp3) is 0.148. The van der Waals surface area contributed by atoms with Gasteiger partial charge in [-0.3, -0.25) is 10.1 Å². The van der Waals surface area contributed by atoms with E-state index in [1.807, 2.05) is 32.0 Å². The van der Waals surface area contributed by atoms with Crippen molar-refractivity contribution in [2.45, 2.75) is 26.7 Å². The first-order valence-electron chi connectivity index (χ1n) is 12.1. The molecule has 3 heterocycles. The lowest BCUT2D eigenvalue weighted by molar-refractivity contribution is -0.114. The summed E-state index contributed by atoms with van der Waals surface area (Å²) in [5, 5.41) is 12.5. The molecular weight excluding hydrogens is 503 g/mol. The molecule has 2 aromatic carbocycles. The van der Waals surface area contributed by atoms with Crippen molar-refractivity contribution in [1.82, 2.24) is 24.7 Å². The Hall–Kier alpha value is -5.26. The van der Waals surface area contributed by atoms with Gasteiger partial charge in [-0.25, -0.2) is 23.8 Å². The van der Waals surface area contributed by atoms with Gasteiger partial charge in [0.1, 0.15) is 29.0 Å². The van der Waals surface area contributed by atoms with Crippen molar-refractivity contribution in [3.63, 3.8) is 0 Å². The van der Waals surface area contributed by atoms with Gasteiger partial charge in [0.25, 0.3) is 0 Å². The second kappa shape index (κ2) is 10.6. The predicted molar refractivity (Wildman–Crippen MR) is 145 cm³/mol. The lowest BCUT2D eigenvalue weighted by atomic mass is 10.1. The average molecular weight is 529 g/mol. The normalized spacial score (nSPS) is 11.0. The van der Waals surface area contributed by atoms with Crippen molar-refractivity contribution in [2.75, 3.05) is 16.0 Å². The van der Waals surface area contributed by atoms with Crippen LogP contribution in [0.2, 0.25) is 0 Å². The number of aromatic nitrogens is 5. The van der Waals surface area contributed by atoms with Gasteiger partial charge in [0, 0.05) is 31.3 Å². The third-order valence-electron chi connectivity index (χ3n) is 5.67. The minimum atomic E-state index is -0.695. The van der Waals surface area contributed by atoms with E-state index in [9.17, 15) is 14.0 Å². The van der Waals surface area contributed by atoms with E-state index in [1.165, 1.54) is 31.3 Å². The summed E-state index contributed by atoms with van der Waals surface area (Å²) in [5.74, 6) is 0.427. The molecule has 5 rings (SSSR count). The molecule has 5 aromatic rings. The van der Waals surface area contributed by atoms with E-state index in [1.54, 1.807) is 23.1 Å². The van der Waals surface area contributed by atoms with E-state index in [0.29, 0.717) is 17.4 Å². The SMILES string of the molecule is CC(=O)Nc1cc(Oc2ccc(NC(=O)Nc3cc(C(C)C)nn3-c3ccc4nc[nH]c4c3)c(F)c2)ccn1. The average Bonchev–Trinajstić information content (AvgIpc) is 3.52. The molecule has 0 saturated carbocycles. The van der Waals surface area contributed by atoms with Crippen molar-refractivity contribution in [2.24, 2.45) is 0 Å². The lowest BCUT2D eigenvalue weighted by Crippen LogP contribution is -2.22. The van der Waals surface area contributed by atoms with Gasteiger partial charge in [0.2, 0.25) is 5.91 Å². The quantitative estimate of drug-likeness (QED) is 0.211. The number of urea groups is 1. The summed E-state index contributed by atoms with van der Waals surface area (Å²) >= 11 is 0. The molecule has 0 bridgehead atoms. The predicted octanol–water partition coefficient (Wildman–Crippen LogP) is 5.80. The van der Waals surface area contributed by atoms with E-state index in [2.05, 4.69) is 36.0 Å². The summed E-state index contributed by atoms with van der Waals surface area (Å²) in [6, 6.07) is 13.9. The highest BCUT2D eigenvalue weighted by atomic mass is 19.1. The van der Waals surface area contributed by atoms with Gasteiger partial charge in [-0.2, -0.15) is 5.10 Å². The minimum absolute atomic E-state index is 0.0393. The molecule has 0 aliphatic heterocycles. The van der Waals surface area contributed by atoms with Crippen LogP contribution in [0.3, 0.4) is 0 Å². The molecule has 11 nitrogen and oxygen atoms in total. The van der Waals surface area contributed by atoms with Gasteiger partial charge in [-0.15, -0.1) is 0 Å². The Morgan fingerprint density at radius 2 is 1.79 bits per heavy atom. The number of ether oxygens (including phenoxy) is 1. The van der Waals surface area contributed by atoms with Crippen LogP contribution in [0, 0.1) is 5.82 Å². The van der Waals surface area contributed by atoms with Crippen molar-refractivity contribution in [1.29, 1.82) is 0 Å². The molecule has 0 radical (unpaired) electrons. The zero-order valence-electron chi connectivity index (χ0n) is 21.3. The number of rotatable bonds is 7. The number of halogens is 1. The fourth-order valence-corrected chi connectivity index (χ4v) is 3.81.